The molecule has 6 heteroatoms. The molecule has 0 unspecified atom stereocenters. The lowest BCUT2D eigenvalue weighted by atomic mass is 10.2. The summed E-state index contributed by atoms with van der Waals surface area (Å²) >= 11 is 5.22. The number of hydrogen-bond donors (Lipinski definition) is 2. The van der Waals surface area contributed by atoms with Crippen LogP contribution in [0, 0.1) is 0 Å². The maximum Gasteiger partial charge on any atom is 0.246 e. The van der Waals surface area contributed by atoms with Crippen molar-refractivity contribution in [3.8, 4) is 11.4 Å². The second-order valence-corrected chi connectivity index (χ2v) is 4.96. The van der Waals surface area contributed by atoms with Crippen LogP contribution in [0.5, 0.6) is 0 Å². The summed E-state index contributed by atoms with van der Waals surface area (Å²) in [6, 6.07) is 19.4. The van der Waals surface area contributed by atoms with Crippen LogP contribution in [0.2, 0.25) is 0 Å². The fraction of sp³-hybridized carbons (Fsp3) is 0.0625. The van der Waals surface area contributed by atoms with E-state index in [1.54, 1.807) is 0 Å². The molecule has 0 atom stereocenters. The molecule has 110 valence electrons. The molecule has 1 heterocycles. The standard InChI is InChI=1S/C16H14N4OS/c22-16(18-13-9-5-2-6-10-13)17-11-14-19-15(20-21-14)12-7-3-1-4-8-12/h1-10H,11H2,(H2,17,18,22). The highest BCUT2D eigenvalue weighted by molar-refractivity contribution is 7.80. The predicted molar refractivity (Wildman–Crippen MR) is 89.2 cm³/mol. The molecule has 0 saturated heterocycles. The van der Waals surface area contributed by atoms with Crippen LogP contribution in [0.15, 0.2) is 65.2 Å². The van der Waals surface area contributed by atoms with E-state index < -0.39 is 0 Å². The zero-order valence-corrected chi connectivity index (χ0v) is 12.5. The molecule has 0 aliphatic carbocycles. The largest absolute Gasteiger partial charge is 0.353 e. The van der Waals surface area contributed by atoms with Gasteiger partial charge in [0.15, 0.2) is 5.11 Å². The second kappa shape index (κ2) is 6.82. The number of benzene rings is 2. The molecule has 0 radical (unpaired) electrons. The van der Waals surface area contributed by atoms with Crippen LogP contribution < -0.4 is 10.6 Å². The van der Waals surface area contributed by atoms with Crippen molar-refractivity contribution >= 4 is 23.0 Å². The average molecular weight is 310 g/mol. The average Bonchev–Trinajstić information content (AvgIpc) is 3.04. The number of thiocarbonyl (C=S) groups is 1. The third kappa shape index (κ3) is 3.67. The van der Waals surface area contributed by atoms with Gasteiger partial charge in [0.1, 0.15) is 0 Å². The summed E-state index contributed by atoms with van der Waals surface area (Å²) in [6.07, 6.45) is 0. The number of nitrogens with one attached hydrogen (secondary N) is 2. The van der Waals surface area contributed by atoms with Gasteiger partial charge in [-0.25, -0.2) is 0 Å². The number of aromatic nitrogens is 2. The van der Waals surface area contributed by atoms with Crippen molar-refractivity contribution in [3.05, 3.63) is 66.6 Å². The van der Waals surface area contributed by atoms with E-state index in [0.717, 1.165) is 11.3 Å². The Bertz CT molecular complexity index is 743. The third-order valence-electron chi connectivity index (χ3n) is 2.93. The van der Waals surface area contributed by atoms with Crippen molar-refractivity contribution in [2.45, 2.75) is 6.54 Å². The smallest absolute Gasteiger partial charge is 0.246 e. The minimum atomic E-state index is 0.374. The maximum absolute atomic E-state index is 5.22. The highest BCUT2D eigenvalue weighted by Crippen LogP contribution is 2.14. The first kappa shape index (κ1) is 14.2. The number of nitrogens with zero attached hydrogens (tertiary/aromatic N) is 2. The Kier molecular flexibility index (Phi) is 4.41. The Balaban J connectivity index is 1.56. The fourth-order valence-electron chi connectivity index (χ4n) is 1.88. The van der Waals surface area contributed by atoms with E-state index in [9.17, 15) is 0 Å². The molecule has 0 saturated carbocycles. The van der Waals surface area contributed by atoms with Gasteiger partial charge in [-0.1, -0.05) is 53.7 Å². The van der Waals surface area contributed by atoms with Crippen LogP contribution >= 0.6 is 12.2 Å². The van der Waals surface area contributed by atoms with Gasteiger partial charge < -0.3 is 15.2 Å². The van der Waals surface area contributed by atoms with E-state index in [-0.39, 0.29) is 0 Å². The quantitative estimate of drug-likeness (QED) is 0.721. The molecule has 2 N–H and O–H groups in total. The van der Waals surface area contributed by atoms with E-state index >= 15 is 0 Å². The van der Waals surface area contributed by atoms with Crippen molar-refractivity contribution in [1.82, 2.24) is 15.5 Å². The van der Waals surface area contributed by atoms with E-state index in [0.29, 0.717) is 23.4 Å². The van der Waals surface area contributed by atoms with Gasteiger partial charge in [0.05, 0.1) is 6.54 Å². The van der Waals surface area contributed by atoms with E-state index in [1.807, 2.05) is 60.7 Å². The molecule has 0 amide bonds. The highest BCUT2D eigenvalue weighted by Gasteiger charge is 2.08. The molecular weight excluding hydrogens is 296 g/mol. The zero-order chi connectivity index (χ0) is 15.2. The fourth-order valence-corrected chi connectivity index (χ4v) is 2.07. The number of anilines is 1. The van der Waals surface area contributed by atoms with Crippen molar-refractivity contribution in [1.29, 1.82) is 0 Å². The van der Waals surface area contributed by atoms with E-state index in [2.05, 4.69) is 20.8 Å². The topological polar surface area (TPSA) is 63.0 Å². The van der Waals surface area contributed by atoms with Gasteiger partial charge in [-0.05, 0) is 24.4 Å². The molecule has 0 bridgehead atoms. The van der Waals surface area contributed by atoms with Gasteiger partial charge in [-0.15, -0.1) is 0 Å². The van der Waals surface area contributed by atoms with E-state index in [4.69, 9.17) is 16.7 Å². The molecule has 0 fully saturated rings. The molecule has 3 rings (SSSR count). The Morgan fingerprint density at radius 2 is 1.68 bits per heavy atom. The minimum Gasteiger partial charge on any atom is -0.353 e. The van der Waals surface area contributed by atoms with Crippen LogP contribution in [0.25, 0.3) is 11.4 Å². The van der Waals surface area contributed by atoms with Crippen LogP contribution in [-0.4, -0.2) is 15.3 Å². The van der Waals surface area contributed by atoms with Crippen molar-refractivity contribution in [3.63, 3.8) is 0 Å². The summed E-state index contributed by atoms with van der Waals surface area (Å²) in [5.41, 5.74) is 1.85. The Labute approximate surface area is 133 Å². The van der Waals surface area contributed by atoms with Crippen molar-refractivity contribution in [2.75, 3.05) is 5.32 Å². The number of rotatable bonds is 4. The summed E-state index contributed by atoms with van der Waals surface area (Å²) in [5.74, 6) is 1.05. The van der Waals surface area contributed by atoms with Crippen molar-refractivity contribution in [2.24, 2.45) is 0 Å². The summed E-state index contributed by atoms with van der Waals surface area (Å²) in [5, 5.41) is 10.6. The minimum absolute atomic E-state index is 0.374. The first-order valence-electron chi connectivity index (χ1n) is 6.79. The summed E-state index contributed by atoms with van der Waals surface area (Å²) < 4.78 is 5.21. The summed E-state index contributed by atoms with van der Waals surface area (Å²) in [6.45, 7) is 0.374. The Hall–Kier alpha value is -2.73. The normalized spacial score (nSPS) is 10.2. The van der Waals surface area contributed by atoms with Crippen LogP contribution in [0.4, 0.5) is 5.69 Å². The summed E-state index contributed by atoms with van der Waals surface area (Å²) in [7, 11) is 0. The lowest BCUT2D eigenvalue weighted by Crippen LogP contribution is -2.27. The number of hydrogen-bond acceptors (Lipinski definition) is 4. The van der Waals surface area contributed by atoms with Crippen LogP contribution in [0.1, 0.15) is 5.89 Å². The Morgan fingerprint density at radius 1 is 1.00 bits per heavy atom. The van der Waals surface area contributed by atoms with Gasteiger partial charge >= 0.3 is 0 Å². The predicted octanol–water partition coefficient (Wildman–Crippen LogP) is 3.22. The Morgan fingerprint density at radius 3 is 2.41 bits per heavy atom. The van der Waals surface area contributed by atoms with Gasteiger partial charge in [0.25, 0.3) is 0 Å². The van der Waals surface area contributed by atoms with Gasteiger partial charge in [-0.2, -0.15) is 4.98 Å². The highest BCUT2D eigenvalue weighted by atomic mass is 32.1. The zero-order valence-electron chi connectivity index (χ0n) is 11.7. The monoisotopic (exact) mass is 310 g/mol. The van der Waals surface area contributed by atoms with E-state index in [1.165, 1.54) is 0 Å². The molecule has 0 aliphatic rings. The molecule has 0 aliphatic heterocycles. The molecule has 2 aromatic carbocycles. The van der Waals surface area contributed by atoms with Crippen LogP contribution in [0.3, 0.4) is 0 Å². The lowest BCUT2D eigenvalue weighted by molar-refractivity contribution is 0.376. The van der Waals surface area contributed by atoms with Crippen molar-refractivity contribution < 1.29 is 4.52 Å². The van der Waals surface area contributed by atoms with Gasteiger partial charge in [-0.3, -0.25) is 0 Å². The van der Waals surface area contributed by atoms with Crippen LogP contribution in [-0.2, 0) is 6.54 Å². The second-order valence-electron chi connectivity index (χ2n) is 4.55. The van der Waals surface area contributed by atoms with Gasteiger partial charge in [0.2, 0.25) is 11.7 Å². The first-order valence-corrected chi connectivity index (χ1v) is 7.20. The molecule has 1 aromatic heterocycles. The first-order chi connectivity index (χ1) is 10.8. The van der Waals surface area contributed by atoms with Gasteiger partial charge in [0, 0.05) is 11.3 Å². The molecule has 3 aromatic rings. The third-order valence-corrected chi connectivity index (χ3v) is 3.18. The molecule has 5 nitrogen and oxygen atoms in total. The maximum atomic E-state index is 5.22. The lowest BCUT2D eigenvalue weighted by Gasteiger charge is -2.08. The number of para-hydroxylation sites is 1. The molecular formula is C16H14N4OS. The summed E-state index contributed by atoms with van der Waals surface area (Å²) in [4.78, 5) is 4.33. The molecule has 0 spiro atoms. The SMILES string of the molecule is S=C(NCc1nc(-c2ccccc2)no1)Nc1ccccc1. The molecule has 22 heavy (non-hydrogen) atoms.